The molecule has 1 N–H and O–H groups in total. The van der Waals surface area contributed by atoms with E-state index in [-0.39, 0.29) is 22.9 Å². The first-order valence-corrected chi connectivity index (χ1v) is 11.1. The second kappa shape index (κ2) is 8.12. The van der Waals surface area contributed by atoms with E-state index in [1.54, 1.807) is 6.07 Å². The van der Waals surface area contributed by atoms with Crippen LogP contribution in [0.1, 0.15) is 72.8 Å². The number of aryl methyl sites for hydroxylation is 2. The maximum absolute atomic E-state index is 14.5. The number of halogens is 1. The number of nitrogens with zero attached hydrogens (tertiary/aromatic N) is 2. The Kier molecular flexibility index (Phi) is 5.68. The zero-order valence-electron chi connectivity index (χ0n) is 18.2. The summed E-state index contributed by atoms with van der Waals surface area (Å²) in [4.78, 5) is 3.95. The van der Waals surface area contributed by atoms with Crippen LogP contribution in [0.15, 0.2) is 30.6 Å². The SMILES string of the molecule is C[C@]12CCC3c4ccc(C#N)c(F)c4CCC3C1CC[C@@H]2O.Cc1ccncc1C. The van der Waals surface area contributed by atoms with Crippen LogP contribution in [0.4, 0.5) is 4.39 Å². The number of rotatable bonds is 0. The molecule has 1 aromatic heterocycles. The summed E-state index contributed by atoms with van der Waals surface area (Å²) in [6.45, 7) is 6.39. The lowest BCUT2D eigenvalue weighted by atomic mass is 9.55. The molecule has 1 aromatic carbocycles. The molecule has 5 rings (SSSR count). The molecule has 0 saturated heterocycles. The van der Waals surface area contributed by atoms with E-state index in [1.165, 1.54) is 11.1 Å². The summed E-state index contributed by atoms with van der Waals surface area (Å²) in [5.74, 6) is 1.25. The van der Waals surface area contributed by atoms with Gasteiger partial charge in [-0.3, -0.25) is 4.98 Å². The molecule has 3 aliphatic rings. The predicted molar refractivity (Wildman–Crippen MR) is 115 cm³/mol. The molecule has 0 radical (unpaired) electrons. The number of pyridine rings is 1. The Morgan fingerprint density at radius 3 is 2.60 bits per heavy atom. The highest BCUT2D eigenvalue weighted by Crippen LogP contribution is 2.60. The van der Waals surface area contributed by atoms with Crippen LogP contribution in [0.2, 0.25) is 0 Å². The minimum Gasteiger partial charge on any atom is -0.393 e. The van der Waals surface area contributed by atoms with Crippen LogP contribution in [0.3, 0.4) is 0 Å². The summed E-state index contributed by atoms with van der Waals surface area (Å²) in [5.41, 5.74) is 4.71. The first kappa shape index (κ1) is 21.0. The molecule has 2 fully saturated rings. The van der Waals surface area contributed by atoms with Gasteiger partial charge in [-0.05, 0) is 110 Å². The van der Waals surface area contributed by atoms with E-state index in [0.717, 1.165) is 49.7 Å². The van der Waals surface area contributed by atoms with Crippen molar-refractivity contribution in [3.05, 3.63) is 64.2 Å². The quantitative estimate of drug-likeness (QED) is 0.618. The van der Waals surface area contributed by atoms with E-state index in [2.05, 4.69) is 25.8 Å². The monoisotopic (exact) mass is 406 g/mol. The average Bonchev–Trinajstić information content (AvgIpc) is 3.05. The number of aliphatic hydroxyl groups is 1. The number of fused-ring (bicyclic) bond motifs is 5. The second-order valence-electron chi connectivity index (χ2n) is 9.62. The molecule has 4 heteroatoms. The Bertz CT molecular complexity index is 960. The number of hydrogen-bond donors (Lipinski definition) is 1. The third-order valence-corrected chi connectivity index (χ3v) is 8.21. The molecule has 1 heterocycles. The second-order valence-corrected chi connectivity index (χ2v) is 9.62. The van der Waals surface area contributed by atoms with Gasteiger partial charge in [-0.1, -0.05) is 13.0 Å². The van der Waals surface area contributed by atoms with Crippen LogP contribution < -0.4 is 0 Å². The molecule has 2 saturated carbocycles. The number of hydrogen-bond acceptors (Lipinski definition) is 3. The fraction of sp³-hybridized carbons (Fsp3) is 0.538. The number of aromatic nitrogens is 1. The molecular weight excluding hydrogens is 375 g/mol. The van der Waals surface area contributed by atoms with Gasteiger partial charge < -0.3 is 5.11 Å². The summed E-state index contributed by atoms with van der Waals surface area (Å²) in [6.07, 6.45) is 9.33. The molecule has 3 unspecified atom stereocenters. The van der Waals surface area contributed by atoms with Gasteiger partial charge in [0.15, 0.2) is 0 Å². The van der Waals surface area contributed by atoms with Crippen LogP contribution in [0.5, 0.6) is 0 Å². The van der Waals surface area contributed by atoms with E-state index >= 15 is 0 Å². The summed E-state index contributed by atoms with van der Waals surface area (Å²) in [5, 5.41) is 19.4. The van der Waals surface area contributed by atoms with E-state index in [4.69, 9.17) is 5.26 Å². The van der Waals surface area contributed by atoms with E-state index in [9.17, 15) is 9.50 Å². The summed E-state index contributed by atoms with van der Waals surface area (Å²) in [6, 6.07) is 7.60. The fourth-order valence-corrected chi connectivity index (χ4v) is 6.23. The van der Waals surface area contributed by atoms with Crippen molar-refractivity contribution in [3.8, 4) is 6.07 Å². The van der Waals surface area contributed by atoms with Crippen molar-refractivity contribution in [2.45, 2.75) is 71.3 Å². The van der Waals surface area contributed by atoms with Crippen molar-refractivity contribution < 1.29 is 9.50 Å². The third kappa shape index (κ3) is 3.44. The van der Waals surface area contributed by atoms with E-state index in [1.807, 2.05) is 30.6 Å². The molecule has 0 aliphatic heterocycles. The van der Waals surface area contributed by atoms with Gasteiger partial charge in [0.25, 0.3) is 0 Å². The van der Waals surface area contributed by atoms with E-state index < -0.39 is 0 Å². The number of benzene rings is 1. The van der Waals surface area contributed by atoms with Crippen LogP contribution in [-0.2, 0) is 6.42 Å². The molecule has 3 aliphatic carbocycles. The van der Waals surface area contributed by atoms with Crippen molar-refractivity contribution >= 4 is 0 Å². The Balaban J connectivity index is 0.000000230. The minimum atomic E-state index is -0.293. The van der Waals surface area contributed by atoms with Crippen molar-refractivity contribution in [2.24, 2.45) is 17.3 Å². The molecule has 158 valence electrons. The molecule has 0 amide bonds. The Morgan fingerprint density at radius 1 is 1.13 bits per heavy atom. The van der Waals surface area contributed by atoms with Gasteiger partial charge in [-0.15, -0.1) is 0 Å². The fourth-order valence-electron chi connectivity index (χ4n) is 6.23. The van der Waals surface area contributed by atoms with Gasteiger partial charge in [0.1, 0.15) is 11.9 Å². The van der Waals surface area contributed by atoms with Crippen molar-refractivity contribution in [2.75, 3.05) is 0 Å². The standard InChI is InChI=1S/C19H22FNO.C7H9N/c1-19-9-8-13-12-3-2-11(10-21)18(20)15(12)5-4-14(13)16(19)6-7-17(19)22;1-6-3-4-8-5-7(6)2/h2-3,13-14,16-17,22H,4-9H2,1H3;3-5H,1-2H3/t13?,14?,16?,17-,19-;/m0./s1. The summed E-state index contributed by atoms with van der Waals surface area (Å²) < 4.78 is 14.5. The Hall–Kier alpha value is -2.25. The molecule has 0 spiro atoms. The smallest absolute Gasteiger partial charge is 0.144 e. The Morgan fingerprint density at radius 2 is 1.93 bits per heavy atom. The normalized spacial score (nSPS) is 31.5. The maximum Gasteiger partial charge on any atom is 0.144 e. The van der Waals surface area contributed by atoms with Crippen LogP contribution in [0.25, 0.3) is 0 Å². The van der Waals surface area contributed by atoms with Gasteiger partial charge in [0.2, 0.25) is 0 Å². The van der Waals surface area contributed by atoms with Gasteiger partial charge >= 0.3 is 0 Å². The molecule has 2 aromatic rings. The highest BCUT2D eigenvalue weighted by molar-refractivity contribution is 5.43. The lowest BCUT2D eigenvalue weighted by molar-refractivity contribution is -0.0227. The zero-order chi connectivity index (χ0) is 21.5. The molecule has 30 heavy (non-hydrogen) atoms. The predicted octanol–water partition coefficient (Wildman–Crippen LogP) is 5.61. The lowest BCUT2D eigenvalue weighted by Gasteiger charge is -2.50. The maximum atomic E-state index is 14.5. The van der Waals surface area contributed by atoms with Gasteiger partial charge in [-0.2, -0.15) is 5.26 Å². The van der Waals surface area contributed by atoms with Crippen LogP contribution in [-0.4, -0.2) is 16.2 Å². The van der Waals surface area contributed by atoms with Crippen LogP contribution >= 0.6 is 0 Å². The van der Waals surface area contributed by atoms with Crippen LogP contribution in [0, 0.1) is 48.2 Å². The van der Waals surface area contributed by atoms with Gasteiger partial charge in [-0.25, -0.2) is 4.39 Å². The molecular formula is C26H31FN2O. The van der Waals surface area contributed by atoms with Gasteiger partial charge in [0.05, 0.1) is 11.7 Å². The largest absolute Gasteiger partial charge is 0.393 e. The van der Waals surface area contributed by atoms with Crippen molar-refractivity contribution in [3.63, 3.8) is 0 Å². The molecule has 5 atom stereocenters. The lowest BCUT2D eigenvalue weighted by Crippen LogP contribution is -2.44. The highest BCUT2D eigenvalue weighted by atomic mass is 19.1. The molecule has 0 bridgehead atoms. The third-order valence-electron chi connectivity index (χ3n) is 8.21. The van der Waals surface area contributed by atoms with Gasteiger partial charge in [0, 0.05) is 12.4 Å². The Labute approximate surface area is 179 Å². The first-order valence-electron chi connectivity index (χ1n) is 11.1. The number of nitriles is 1. The summed E-state index contributed by atoms with van der Waals surface area (Å²) in [7, 11) is 0. The first-order chi connectivity index (χ1) is 14.4. The van der Waals surface area contributed by atoms with E-state index in [0.29, 0.717) is 17.8 Å². The average molecular weight is 407 g/mol. The topological polar surface area (TPSA) is 56.9 Å². The summed E-state index contributed by atoms with van der Waals surface area (Å²) >= 11 is 0. The zero-order valence-corrected chi connectivity index (χ0v) is 18.2. The van der Waals surface area contributed by atoms with Crippen molar-refractivity contribution in [1.29, 1.82) is 5.26 Å². The van der Waals surface area contributed by atoms with Crippen molar-refractivity contribution in [1.82, 2.24) is 4.98 Å². The number of aliphatic hydroxyl groups excluding tert-OH is 1. The molecule has 3 nitrogen and oxygen atoms in total. The highest BCUT2D eigenvalue weighted by Gasteiger charge is 2.54. The minimum absolute atomic E-state index is 0.0593.